The molecular formula is C17H23N5O2Si. The summed E-state index contributed by atoms with van der Waals surface area (Å²) < 4.78 is 7.69. The quantitative estimate of drug-likeness (QED) is 0.541. The van der Waals surface area contributed by atoms with Gasteiger partial charge in [-0.15, -0.1) is 0 Å². The Morgan fingerprint density at radius 1 is 1.28 bits per heavy atom. The van der Waals surface area contributed by atoms with Crippen molar-refractivity contribution in [2.75, 3.05) is 6.61 Å². The number of hydrogen-bond acceptors (Lipinski definition) is 5. The highest BCUT2D eigenvalue weighted by molar-refractivity contribution is 6.76. The minimum absolute atomic E-state index is 0.364. The van der Waals surface area contributed by atoms with E-state index in [1.54, 1.807) is 0 Å². The predicted molar refractivity (Wildman–Crippen MR) is 100 cm³/mol. The van der Waals surface area contributed by atoms with E-state index in [1.807, 2.05) is 29.8 Å². The second-order valence-electron chi connectivity index (χ2n) is 7.33. The molecule has 0 spiro atoms. The van der Waals surface area contributed by atoms with Crippen molar-refractivity contribution in [2.24, 2.45) is 0 Å². The van der Waals surface area contributed by atoms with Gasteiger partial charge >= 0.3 is 0 Å². The molecule has 0 fully saturated rings. The zero-order valence-corrected chi connectivity index (χ0v) is 16.0. The highest BCUT2D eigenvalue weighted by Gasteiger charge is 2.13. The average Bonchev–Trinajstić information content (AvgIpc) is 2.86. The van der Waals surface area contributed by atoms with Crippen molar-refractivity contribution in [3.05, 3.63) is 40.4 Å². The van der Waals surface area contributed by atoms with E-state index in [1.165, 1.54) is 0 Å². The molecule has 0 unspecified atom stereocenters. The van der Waals surface area contributed by atoms with Crippen LogP contribution >= 0.6 is 0 Å². The first-order chi connectivity index (χ1) is 11.8. The molecule has 0 atom stereocenters. The van der Waals surface area contributed by atoms with Gasteiger partial charge in [0.05, 0.1) is 11.2 Å². The minimum Gasteiger partial charge on any atom is -0.360 e. The fraction of sp³-hybridized carbons (Fsp3) is 0.412. The summed E-state index contributed by atoms with van der Waals surface area (Å²) in [6, 6.07) is 6.98. The normalized spacial score (nSPS) is 12.0. The standard InChI is InChI=1S/C17H23N5O2Si/c1-12-14-9-13(17-19-16(23)10-18-20-17)5-6-15(14)22(21-12)11-24-7-8-25(2,3)4/h5-6,9-10H,7-8,11H2,1-4H3,(H,19,20,23). The molecule has 2 aromatic heterocycles. The highest BCUT2D eigenvalue weighted by Crippen LogP contribution is 2.24. The molecule has 8 heteroatoms. The number of nitrogens with one attached hydrogen (secondary N) is 1. The molecule has 25 heavy (non-hydrogen) atoms. The molecule has 132 valence electrons. The lowest BCUT2D eigenvalue weighted by Crippen LogP contribution is -2.22. The molecule has 0 saturated carbocycles. The Labute approximate surface area is 147 Å². The van der Waals surface area contributed by atoms with E-state index in [4.69, 9.17) is 4.74 Å². The maximum atomic E-state index is 11.4. The highest BCUT2D eigenvalue weighted by atomic mass is 28.3. The first kappa shape index (κ1) is 17.5. The molecule has 1 aromatic carbocycles. The van der Waals surface area contributed by atoms with E-state index in [0.717, 1.165) is 41.0 Å². The van der Waals surface area contributed by atoms with Gasteiger partial charge in [0, 0.05) is 25.6 Å². The summed E-state index contributed by atoms with van der Waals surface area (Å²) in [4.78, 5) is 15.3. The predicted octanol–water partition coefficient (Wildman–Crippen LogP) is 2.80. The van der Waals surface area contributed by atoms with Crippen molar-refractivity contribution in [3.63, 3.8) is 0 Å². The van der Waals surface area contributed by atoms with Crippen LogP contribution in [0.2, 0.25) is 25.7 Å². The average molecular weight is 357 g/mol. The van der Waals surface area contributed by atoms with Gasteiger partial charge in [0.25, 0.3) is 5.56 Å². The van der Waals surface area contributed by atoms with Crippen LogP contribution in [0.25, 0.3) is 22.3 Å². The molecule has 0 radical (unpaired) electrons. The van der Waals surface area contributed by atoms with Gasteiger partial charge in [0.2, 0.25) is 0 Å². The van der Waals surface area contributed by atoms with E-state index < -0.39 is 8.07 Å². The maximum Gasteiger partial charge on any atom is 0.291 e. The van der Waals surface area contributed by atoms with Crippen molar-refractivity contribution < 1.29 is 4.74 Å². The first-order valence-corrected chi connectivity index (χ1v) is 12.0. The molecule has 2 heterocycles. The summed E-state index contributed by atoms with van der Waals surface area (Å²) in [6.07, 6.45) is 1.16. The Morgan fingerprint density at radius 3 is 2.80 bits per heavy atom. The van der Waals surface area contributed by atoms with Crippen LogP contribution in [0.15, 0.2) is 29.2 Å². The van der Waals surface area contributed by atoms with E-state index in [9.17, 15) is 4.79 Å². The van der Waals surface area contributed by atoms with Crippen molar-refractivity contribution >= 4 is 19.0 Å². The van der Waals surface area contributed by atoms with Crippen molar-refractivity contribution in [1.82, 2.24) is 25.0 Å². The number of rotatable bonds is 6. The Kier molecular flexibility index (Phi) is 4.82. The number of aromatic nitrogens is 5. The number of H-pyrrole nitrogens is 1. The summed E-state index contributed by atoms with van der Waals surface area (Å²) in [7, 11) is -1.09. The summed E-state index contributed by atoms with van der Waals surface area (Å²) >= 11 is 0. The minimum atomic E-state index is -1.09. The molecule has 0 amide bonds. The van der Waals surface area contributed by atoms with Gasteiger partial charge in [-0.2, -0.15) is 15.2 Å². The Bertz CT molecular complexity index is 942. The van der Waals surface area contributed by atoms with E-state index in [-0.39, 0.29) is 5.56 Å². The monoisotopic (exact) mass is 357 g/mol. The van der Waals surface area contributed by atoms with Crippen molar-refractivity contribution in [1.29, 1.82) is 0 Å². The first-order valence-electron chi connectivity index (χ1n) is 8.30. The molecule has 0 aliphatic heterocycles. The van der Waals surface area contributed by atoms with Crippen molar-refractivity contribution in [2.45, 2.75) is 39.3 Å². The number of ether oxygens (including phenoxy) is 1. The van der Waals surface area contributed by atoms with Gasteiger partial charge in [0.1, 0.15) is 12.9 Å². The van der Waals surface area contributed by atoms with E-state index in [2.05, 4.69) is 39.9 Å². The van der Waals surface area contributed by atoms with E-state index >= 15 is 0 Å². The van der Waals surface area contributed by atoms with Crippen LogP contribution in [-0.4, -0.2) is 39.6 Å². The molecule has 1 N–H and O–H groups in total. The van der Waals surface area contributed by atoms with Gasteiger partial charge in [0.15, 0.2) is 5.82 Å². The summed E-state index contributed by atoms with van der Waals surface area (Å²) in [5.41, 5.74) is 2.36. The smallest absolute Gasteiger partial charge is 0.291 e. The molecule has 3 rings (SSSR count). The zero-order chi connectivity index (χ0) is 18.0. The molecule has 3 aromatic rings. The molecule has 0 saturated heterocycles. The lowest BCUT2D eigenvalue weighted by atomic mass is 10.1. The zero-order valence-electron chi connectivity index (χ0n) is 15.0. The van der Waals surface area contributed by atoms with Crippen LogP contribution in [0.5, 0.6) is 0 Å². The lowest BCUT2D eigenvalue weighted by Gasteiger charge is -2.15. The summed E-state index contributed by atoms with van der Waals surface area (Å²) in [5, 5.41) is 12.1. The van der Waals surface area contributed by atoms with Crippen molar-refractivity contribution in [3.8, 4) is 11.4 Å². The Hall–Kier alpha value is -2.32. The second-order valence-corrected chi connectivity index (χ2v) is 13.0. The van der Waals surface area contributed by atoms with Gasteiger partial charge in [-0.05, 0) is 31.2 Å². The number of fused-ring (bicyclic) bond motifs is 1. The number of nitrogens with zero attached hydrogens (tertiary/aromatic N) is 4. The topological polar surface area (TPSA) is 85.7 Å². The number of hydrogen-bond donors (Lipinski definition) is 1. The number of aryl methyl sites for hydroxylation is 1. The SMILES string of the molecule is Cc1nn(COCC[Si](C)(C)C)c2ccc(-c3nc(=O)cn[nH]3)cc12. The third-order valence-electron chi connectivity index (χ3n) is 3.99. The lowest BCUT2D eigenvalue weighted by molar-refractivity contribution is 0.0815. The van der Waals surface area contributed by atoms with Crippen LogP contribution in [-0.2, 0) is 11.5 Å². The van der Waals surface area contributed by atoms with Crippen LogP contribution in [0, 0.1) is 6.92 Å². The number of aromatic amines is 1. The molecule has 0 aliphatic carbocycles. The molecule has 7 nitrogen and oxygen atoms in total. The van der Waals surface area contributed by atoms with Gasteiger partial charge < -0.3 is 4.74 Å². The largest absolute Gasteiger partial charge is 0.360 e. The fourth-order valence-electron chi connectivity index (χ4n) is 2.56. The van der Waals surface area contributed by atoms with Crippen LogP contribution in [0.4, 0.5) is 0 Å². The fourth-order valence-corrected chi connectivity index (χ4v) is 3.31. The Balaban J connectivity index is 1.82. The number of benzene rings is 1. The molecular weight excluding hydrogens is 334 g/mol. The van der Waals surface area contributed by atoms with Gasteiger partial charge in [-0.1, -0.05) is 19.6 Å². The van der Waals surface area contributed by atoms with Crippen LogP contribution in [0.3, 0.4) is 0 Å². The van der Waals surface area contributed by atoms with Crippen LogP contribution < -0.4 is 5.56 Å². The summed E-state index contributed by atoms with van der Waals surface area (Å²) in [6.45, 7) is 10.2. The third kappa shape index (κ3) is 4.20. The van der Waals surface area contributed by atoms with Crippen LogP contribution in [0.1, 0.15) is 5.69 Å². The molecule has 0 bridgehead atoms. The third-order valence-corrected chi connectivity index (χ3v) is 5.69. The molecule has 0 aliphatic rings. The summed E-state index contributed by atoms with van der Waals surface area (Å²) in [5.74, 6) is 0.452. The Morgan fingerprint density at radius 2 is 2.08 bits per heavy atom. The van der Waals surface area contributed by atoms with Gasteiger partial charge in [-0.3, -0.25) is 9.89 Å². The second kappa shape index (κ2) is 6.89. The maximum absolute atomic E-state index is 11.4. The van der Waals surface area contributed by atoms with E-state index in [0.29, 0.717) is 12.6 Å². The van der Waals surface area contributed by atoms with Gasteiger partial charge in [-0.25, -0.2) is 4.68 Å².